The van der Waals surface area contributed by atoms with Crippen LogP contribution in [0.5, 0.6) is 0 Å². The number of hydrogen-bond donors (Lipinski definition) is 0. The Morgan fingerprint density at radius 3 is 1.94 bits per heavy atom. The summed E-state index contributed by atoms with van der Waals surface area (Å²) < 4.78 is 0. The predicted octanol–water partition coefficient (Wildman–Crippen LogP) is 3.85. The van der Waals surface area contributed by atoms with E-state index in [0.29, 0.717) is 0 Å². The van der Waals surface area contributed by atoms with E-state index in [1.807, 2.05) is 14.1 Å². The van der Waals surface area contributed by atoms with Gasteiger partial charge in [0.2, 0.25) is 5.91 Å². The zero-order valence-electron chi connectivity index (χ0n) is 11.6. The molecule has 2 nitrogen and oxygen atoms in total. The van der Waals surface area contributed by atoms with Crippen molar-refractivity contribution in [3.8, 4) is 0 Å². The lowest BCUT2D eigenvalue weighted by Gasteiger charge is -2.09. The lowest BCUT2D eigenvalue weighted by atomic mass is 10.0. The Balaban J connectivity index is 3.13. The quantitative estimate of drug-likeness (QED) is 0.548. The van der Waals surface area contributed by atoms with Gasteiger partial charge < -0.3 is 4.90 Å². The van der Waals surface area contributed by atoms with E-state index in [2.05, 4.69) is 13.8 Å². The molecule has 0 unspecified atom stereocenters. The zero-order valence-corrected chi connectivity index (χ0v) is 11.6. The topological polar surface area (TPSA) is 20.3 Å². The largest absolute Gasteiger partial charge is 0.349 e. The second-order valence-corrected chi connectivity index (χ2v) is 5.34. The van der Waals surface area contributed by atoms with Gasteiger partial charge in [0.25, 0.3) is 0 Å². The molecule has 0 aliphatic heterocycles. The number of unbranched alkanes of at least 4 members (excludes halogenated alkanes) is 5. The van der Waals surface area contributed by atoms with Crippen LogP contribution in [0.25, 0.3) is 0 Å². The Hall–Kier alpha value is -0.530. The molecule has 0 saturated heterocycles. The molecule has 96 valence electrons. The molecule has 0 aromatic rings. The summed E-state index contributed by atoms with van der Waals surface area (Å²) in [7, 11) is 3.66. The molecule has 2 heteroatoms. The highest BCUT2D eigenvalue weighted by Gasteiger charge is 2.02. The molecule has 0 heterocycles. The molecule has 0 spiro atoms. The van der Waals surface area contributed by atoms with Crippen LogP contribution in [0.4, 0.5) is 0 Å². The summed E-state index contributed by atoms with van der Waals surface area (Å²) in [6, 6.07) is 0. The summed E-state index contributed by atoms with van der Waals surface area (Å²) in [5, 5.41) is 0. The maximum absolute atomic E-state index is 11.3. The first-order chi connectivity index (χ1) is 7.54. The van der Waals surface area contributed by atoms with Crippen molar-refractivity contribution in [2.75, 3.05) is 14.1 Å². The van der Waals surface area contributed by atoms with Crippen molar-refractivity contribution in [1.29, 1.82) is 0 Å². The number of rotatable bonds is 9. The molecular weight excluding hydrogens is 198 g/mol. The Labute approximate surface area is 101 Å². The van der Waals surface area contributed by atoms with Gasteiger partial charge in [0.05, 0.1) is 0 Å². The van der Waals surface area contributed by atoms with Crippen LogP contribution in [0.3, 0.4) is 0 Å². The van der Waals surface area contributed by atoms with Gasteiger partial charge in [-0.05, 0) is 12.3 Å². The van der Waals surface area contributed by atoms with Gasteiger partial charge in [-0.3, -0.25) is 4.79 Å². The SMILES string of the molecule is CC(C)CCCCCCCCC(=O)N(C)C. The first kappa shape index (κ1) is 15.5. The first-order valence-electron chi connectivity index (χ1n) is 6.74. The molecular formula is C14H29NO. The third-order valence-corrected chi connectivity index (χ3v) is 2.92. The monoisotopic (exact) mass is 227 g/mol. The van der Waals surface area contributed by atoms with E-state index in [1.165, 1.54) is 38.5 Å². The van der Waals surface area contributed by atoms with E-state index >= 15 is 0 Å². The standard InChI is InChI=1S/C14H29NO/c1-13(2)11-9-7-5-6-8-10-12-14(16)15(3)4/h13H,5-12H2,1-4H3. The number of carbonyl (C=O) groups excluding carboxylic acids is 1. The van der Waals surface area contributed by atoms with Crippen LogP contribution in [0.1, 0.15) is 65.2 Å². The molecule has 0 saturated carbocycles. The number of amides is 1. The van der Waals surface area contributed by atoms with Gasteiger partial charge in [-0.1, -0.05) is 52.4 Å². The Morgan fingerprint density at radius 1 is 0.938 bits per heavy atom. The van der Waals surface area contributed by atoms with E-state index < -0.39 is 0 Å². The zero-order chi connectivity index (χ0) is 12.4. The van der Waals surface area contributed by atoms with Gasteiger partial charge >= 0.3 is 0 Å². The highest BCUT2D eigenvalue weighted by atomic mass is 16.2. The third-order valence-electron chi connectivity index (χ3n) is 2.92. The third kappa shape index (κ3) is 10.0. The maximum Gasteiger partial charge on any atom is 0.222 e. The summed E-state index contributed by atoms with van der Waals surface area (Å²) in [6.45, 7) is 4.57. The molecule has 0 aliphatic rings. The van der Waals surface area contributed by atoms with Crippen molar-refractivity contribution < 1.29 is 4.79 Å². The number of carbonyl (C=O) groups is 1. The normalized spacial score (nSPS) is 10.8. The molecule has 0 aromatic carbocycles. The molecule has 0 rings (SSSR count). The molecule has 0 bridgehead atoms. The molecule has 0 aliphatic carbocycles. The lowest BCUT2D eigenvalue weighted by molar-refractivity contribution is -0.128. The summed E-state index contributed by atoms with van der Waals surface area (Å²) in [4.78, 5) is 13.0. The maximum atomic E-state index is 11.3. The Kier molecular flexibility index (Phi) is 9.36. The predicted molar refractivity (Wildman–Crippen MR) is 70.5 cm³/mol. The molecule has 0 radical (unpaired) electrons. The fourth-order valence-corrected chi connectivity index (χ4v) is 1.76. The molecule has 0 fully saturated rings. The summed E-state index contributed by atoms with van der Waals surface area (Å²) in [6.07, 6.45) is 9.70. The van der Waals surface area contributed by atoms with Gasteiger partial charge in [-0.2, -0.15) is 0 Å². The van der Waals surface area contributed by atoms with Gasteiger partial charge in [-0.15, -0.1) is 0 Å². The van der Waals surface area contributed by atoms with E-state index in [1.54, 1.807) is 4.90 Å². The minimum Gasteiger partial charge on any atom is -0.349 e. The second-order valence-electron chi connectivity index (χ2n) is 5.34. The van der Waals surface area contributed by atoms with Crippen LogP contribution in [-0.4, -0.2) is 24.9 Å². The smallest absolute Gasteiger partial charge is 0.222 e. The van der Waals surface area contributed by atoms with Crippen molar-refractivity contribution in [3.05, 3.63) is 0 Å². The first-order valence-corrected chi connectivity index (χ1v) is 6.74. The number of nitrogens with zero attached hydrogens (tertiary/aromatic N) is 1. The van der Waals surface area contributed by atoms with Crippen molar-refractivity contribution >= 4 is 5.91 Å². The molecule has 16 heavy (non-hydrogen) atoms. The van der Waals surface area contributed by atoms with Crippen LogP contribution in [0, 0.1) is 5.92 Å². The highest BCUT2D eigenvalue weighted by molar-refractivity contribution is 5.75. The molecule has 0 aromatic heterocycles. The Morgan fingerprint density at radius 2 is 1.44 bits per heavy atom. The van der Waals surface area contributed by atoms with Crippen LogP contribution >= 0.6 is 0 Å². The van der Waals surface area contributed by atoms with E-state index in [-0.39, 0.29) is 5.91 Å². The van der Waals surface area contributed by atoms with Gasteiger partial charge in [0.1, 0.15) is 0 Å². The van der Waals surface area contributed by atoms with Crippen molar-refractivity contribution in [1.82, 2.24) is 4.90 Å². The van der Waals surface area contributed by atoms with E-state index in [0.717, 1.165) is 18.8 Å². The van der Waals surface area contributed by atoms with Crippen LogP contribution in [0.15, 0.2) is 0 Å². The van der Waals surface area contributed by atoms with Gasteiger partial charge in [0.15, 0.2) is 0 Å². The van der Waals surface area contributed by atoms with Gasteiger partial charge in [0, 0.05) is 20.5 Å². The average molecular weight is 227 g/mol. The van der Waals surface area contributed by atoms with Crippen molar-refractivity contribution in [2.45, 2.75) is 65.2 Å². The minimum atomic E-state index is 0.264. The second kappa shape index (κ2) is 9.68. The Bertz CT molecular complexity index is 176. The van der Waals surface area contributed by atoms with Crippen LogP contribution in [0.2, 0.25) is 0 Å². The van der Waals surface area contributed by atoms with Gasteiger partial charge in [-0.25, -0.2) is 0 Å². The summed E-state index contributed by atoms with van der Waals surface area (Å²) in [5.74, 6) is 1.11. The van der Waals surface area contributed by atoms with E-state index in [4.69, 9.17) is 0 Å². The van der Waals surface area contributed by atoms with Crippen molar-refractivity contribution in [2.24, 2.45) is 5.92 Å². The highest BCUT2D eigenvalue weighted by Crippen LogP contribution is 2.12. The summed E-state index contributed by atoms with van der Waals surface area (Å²) >= 11 is 0. The van der Waals surface area contributed by atoms with Crippen LogP contribution < -0.4 is 0 Å². The molecule has 0 atom stereocenters. The number of hydrogen-bond acceptors (Lipinski definition) is 1. The van der Waals surface area contributed by atoms with Crippen LogP contribution in [-0.2, 0) is 4.79 Å². The lowest BCUT2D eigenvalue weighted by Crippen LogP contribution is -2.20. The molecule has 0 N–H and O–H groups in total. The fraction of sp³-hybridized carbons (Fsp3) is 0.929. The van der Waals surface area contributed by atoms with Crippen molar-refractivity contribution in [3.63, 3.8) is 0 Å². The fourth-order valence-electron chi connectivity index (χ4n) is 1.76. The molecule has 1 amide bonds. The van der Waals surface area contributed by atoms with E-state index in [9.17, 15) is 4.79 Å². The summed E-state index contributed by atoms with van der Waals surface area (Å²) in [5.41, 5.74) is 0. The average Bonchev–Trinajstić information content (AvgIpc) is 2.21. The minimum absolute atomic E-state index is 0.264.